The molecule has 1 heterocycles. The third-order valence-corrected chi connectivity index (χ3v) is 2.36. The summed E-state index contributed by atoms with van der Waals surface area (Å²) in [5, 5.41) is 9.21. The Labute approximate surface area is 97.3 Å². The van der Waals surface area contributed by atoms with Crippen LogP contribution in [0.1, 0.15) is 10.5 Å². The first-order chi connectivity index (χ1) is 7.68. The van der Waals surface area contributed by atoms with Crippen molar-refractivity contribution in [3.05, 3.63) is 53.3 Å². The number of hydrogen-bond donors (Lipinski definition) is 1. The van der Waals surface area contributed by atoms with Gasteiger partial charge in [0.1, 0.15) is 5.15 Å². The molecule has 1 aromatic heterocycles. The highest BCUT2D eigenvalue weighted by molar-refractivity contribution is 6.29. The van der Waals surface area contributed by atoms with E-state index in [1.54, 1.807) is 12.1 Å². The van der Waals surface area contributed by atoms with E-state index in [1.807, 2.05) is 30.3 Å². The minimum absolute atomic E-state index is 0.0290. The highest BCUT2D eigenvalue weighted by Crippen LogP contribution is 2.23. The molecule has 0 saturated heterocycles. The van der Waals surface area contributed by atoms with Gasteiger partial charge in [-0.25, -0.2) is 9.78 Å². The number of hydrogen-bond acceptors (Lipinski definition) is 2. The molecule has 0 amide bonds. The first kappa shape index (κ1) is 10.6. The van der Waals surface area contributed by atoms with Crippen molar-refractivity contribution >= 4 is 17.6 Å². The van der Waals surface area contributed by atoms with Crippen molar-refractivity contribution in [3.63, 3.8) is 0 Å². The van der Waals surface area contributed by atoms with Crippen LogP contribution in [0.5, 0.6) is 0 Å². The number of pyridine rings is 1. The molecular formula is C12H8ClNO2. The Morgan fingerprint density at radius 1 is 1.12 bits per heavy atom. The maximum atomic E-state index is 11.0. The van der Waals surface area contributed by atoms with E-state index >= 15 is 0 Å². The molecule has 0 spiro atoms. The van der Waals surface area contributed by atoms with Gasteiger partial charge < -0.3 is 5.11 Å². The molecule has 1 aromatic carbocycles. The van der Waals surface area contributed by atoms with Gasteiger partial charge in [0.2, 0.25) is 0 Å². The standard InChI is InChI=1S/C12H8ClNO2/c13-10-7-6-9(11(14-10)12(15)16)8-4-2-1-3-5-8/h1-7H,(H,15,16). The molecule has 2 aromatic rings. The van der Waals surface area contributed by atoms with E-state index in [-0.39, 0.29) is 10.8 Å². The van der Waals surface area contributed by atoms with Crippen LogP contribution in [0.4, 0.5) is 0 Å². The Morgan fingerprint density at radius 3 is 2.44 bits per heavy atom. The predicted molar refractivity (Wildman–Crippen MR) is 61.6 cm³/mol. The molecule has 1 N–H and O–H groups in total. The van der Waals surface area contributed by atoms with Crippen molar-refractivity contribution in [1.29, 1.82) is 0 Å². The first-order valence-electron chi connectivity index (χ1n) is 4.64. The van der Waals surface area contributed by atoms with Crippen LogP contribution in [0.25, 0.3) is 11.1 Å². The topological polar surface area (TPSA) is 50.2 Å². The molecule has 0 bridgehead atoms. The third-order valence-electron chi connectivity index (χ3n) is 2.15. The van der Waals surface area contributed by atoms with Crippen molar-refractivity contribution < 1.29 is 9.90 Å². The summed E-state index contributed by atoms with van der Waals surface area (Å²) in [5.74, 6) is -1.08. The van der Waals surface area contributed by atoms with Crippen molar-refractivity contribution in [2.75, 3.05) is 0 Å². The lowest BCUT2D eigenvalue weighted by atomic mass is 10.0. The summed E-state index contributed by atoms with van der Waals surface area (Å²) in [6, 6.07) is 12.5. The quantitative estimate of drug-likeness (QED) is 0.811. The number of halogens is 1. The van der Waals surface area contributed by atoms with Gasteiger partial charge in [-0.1, -0.05) is 41.9 Å². The highest BCUT2D eigenvalue weighted by Gasteiger charge is 2.13. The molecule has 2 rings (SSSR count). The van der Waals surface area contributed by atoms with Crippen LogP contribution in [-0.4, -0.2) is 16.1 Å². The maximum absolute atomic E-state index is 11.0. The third kappa shape index (κ3) is 2.04. The molecule has 0 unspecified atom stereocenters. The predicted octanol–water partition coefficient (Wildman–Crippen LogP) is 3.10. The number of carboxylic acid groups (broad SMARTS) is 1. The summed E-state index contributed by atoms with van der Waals surface area (Å²) in [4.78, 5) is 14.8. The van der Waals surface area contributed by atoms with Crippen LogP contribution in [0.3, 0.4) is 0 Å². The normalized spacial score (nSPS) is 10.1. The molecule has 3 nitrogen and oxygen atoms in total. The fourth-order valence-electron chi connectivity index (χ4n) is 1.45. The van der Waals surface area contributed by atoms with Crippen molar-refractivity contribution in [1.82, 2.24) is 4.98 Å². The zero-order valence-electron chi connectivity index (χ0n) is 8.22. The van der Waals surface area contributed by atoms with E-state index in [9.17, 15) is 4.79 Å². The minimum Gasteiger partial charge on any atom is -0.476 e. The van der Waals surface area contributed by atoms with E-state index in [4.69, 9.17) is 16.7 Å². The fraction of sp³-hybridized carbons (Fsp3) is 0. The fourth-order valence-corrected chi connectivity index (χ4v) is 1.60. The Balaban J connectivity index is 2.61. The average molecular weight is 234 g/mol. The number of carboxylic acids is 1. The number of rotatable bonds is 2. The minimum atomic E-state index is -1.08. The van der Waals surface area contributed by atoms with Crippen molar-refractivity contribution in [2.45, 2.75) is 0 Å². The largest absolute Gasteiger partial charge is 0.476 e. The van der Waals surface area contributed by atoms with Gasteiger partial charge in [-0.05, 0) is 17.7 Å². The van der Waals surface area contributed by atoms with Crippen molar-refractivity contribution in [3.8, 4) is 11.1 Å². The van der Waals surface area contributed by atoms with Crippen LogP contribution in [0, 0.1) is 0 Å². The van der Waals surface area contributed by atoms with Gasteiger partial charge in [0.25, 0.3) is 0 Å². The molecule has 0 fully saturated rings. The summed E-state index contributed by atoms with van der Waals surface area (Å²) in [7, 11) is 0. The van der Waals surface area contributed by atoms with Gasteiger partial charge in [0.15, 0.2) is 5.69 Å². The van der Waals surface area contributed by atoms with E-state index in [0.29, 0.717) is 5.56 Å². The van der Waals surface area contributed by atoms with E-state index in [0.717, 1.165) is 5.56 Å². The Morgan fingerprint density at radius 2 is 1.81 bits per heavy atom. The van der Waals surface area contributed by atoms with Gasteiger partial charge in [0.05, 0.1) is 0 Å². The summed E-state index contributed by atoms with van der Waals surface area (Å²) in [5.41, 5.74) is 1.35. The zero-order chi connectivity index (χ0) is 11.5. The number of benzene rings is 1. The molecule has 0 atom stereocenters. The van der Waals surface area contributed by atoms with Crippen molar-refractivity contribution in [2.24, 2.45) is 0 Å². The maximum Gasteiger partial charge on any atom is 0.355 e. The molecule has 0 aliphatic rings. The Bertz CT molecular complexity index is 526. The van der Waals surface area contributed by atoms with Crippen LogP contribution >= 0.6 is 11.6 Å². The molecule has 80 valence electrons. The van der Waals surface area contributed by atoms with Crippen LogP contribution in [0.2, 0.25) is 5.15 Å². The van der Waals surface area contributed by atoms with Gasteiger partial charge in [0, 0.05) is 5.56 Å². The second kappa shape index (κ2) is 4.33. The molecule has 0 saturated carbocycles. The number of aromatic carboxylic acids is 1. The monoisotopic (exact) mass is 233 g/mol. The van der Waals surface area contributed by atoms with Gasteiger partial charge in [-0.15, -0.1) is 0 Å². The average Bonchev–Trinajstić information content (AvgIpc) is 2.30. The Hall–Kier alpha value is -1.87. The number of carbonyl (C=O) groups is 1. The molecule has 0 aliphatic heterocycles. The van der Waals surface area contributed by atoms with Crippen LogP contribution in [-0.2, 0) is 0 Å². The molecule has 0 aliphatic carbocycles. The van der Waals surface area contributed by atoms with Gasteiger partial charge in [-0.3, -0.25) is 0 Å². The highest BCUT2D eigenvalue weighted by atomic mass is 35.5. The lowest BCUT2D eigenvalue weighted by Gasteiger charge is -2.05. The van der Waals surface area contributed by atoms with Crippen LogP contribution < -0.4 is 0 Å². The number of aromatic nitrogens is 1. The molecule has 0 radical (unpaired) electrons. The number of nitrogens with zero attached hydrogens (tertiary/aromatic N) is 1. The second-order valence-corrected chi connectivity index (χ2v) is 3.59. The second-order valence-electron chi connectivity index (χ2n) is 3.20. The van der Waals surface area contributed by atoms with E-state index in [2.05, 4.69) is 4.98 Å². The van der Waals surface area contributed by atoms with E-state index < -0.39 is 5.97 Å². The first-order valence-corrected chi connectivity index (χ1v) is 5.01. The molecular weight excluding hydrogens is 226 g/mol. The zero-order valence-corrected chi connectivity index (χ0v) is 8.98. The summed E-state index contributed by atoms with van der Waals surface area (Å²) in [6.45, 7) is 0. The van der Waals surface area contributed by atoms with E-state index in [1.165, 1.54) is 0 Å². The lowest BCUT2D eigenvalue weighted by Crippen LogP contribution is -2.03. The summed E-state index contributed by atoms with van der Waals surface area (Å²) < 4.78 is 0. The molecule has 16 heavy (non-hydrogen) atoms. The SMILES string of the molecule is O=C(O)c1nc(Cl)ccc1-c1ccccc1. The smallest absolute Gasteiger partial charge is 0.355 e. The molecule has 4 heteroatoms. The van der Waals surface area contributed by atoms with Gasteiger partial charge in [-0.2, -0.15) is 0 Å². The summed E-state index contributed by atoms with van der Waals surface area (Å²) in [6.07, 6.45) is 0. The lowest BCUT2D eigenvalue weighted by molar-refractivity contribution is 0.0691. The van der Waals surface area contributed by atoms with Gasteiger partial charge >= 0.3 is 5.97 Å². The Kier molecular flexibility index (Phi) is 2.88. The summed E-state index contributed by atoms with van der Waals surface area (Å²) >= 11 is 5.67. The van der Waals surface area contributed by atoms with Crippen LogP contribution in [0.15, 0.2) is 42.5 Å².